The SMILES string of the molecule is CCOC(=O)N1CCC(Nc2ccc(NC(=O)Nc3ccccc3)cc2)CC1. The van der Waals surface area contributed by atoms with Crippen LogP contribution >= 0.6 is 0 Å². The predicted molar refractivity (Wildman–Crippen MR) is 111 cm³/mol. The average Bonchev–Trinajstić information content (AvgIpc) is 2.71. The van der Waals surface area contributed by atoms with Crippen LogP contribution in [0.2, 0.25) is 0 Å². The van der Waals surface area contributed by atoms with E-state index in [0.717, 1.165) is 29.9 Å². The highest BCUT2D eigenvalue weighted by Gasteiger charge is 2.23. The van der Waals surface area contributed by atoms with Crippen molar-refractivity contribution < 1.29 is 14.3 Å². The number of likely N-dealkylation sites (tertiary alicyclic amines) is 1. The second-order valence-electron chi connectivity index (χ2n) is 6.63. The van der Waals surface area contributed by atoms with E-state index in [0.29, 0.717) is 25.7 Å². The Labute approximate surface area is 165 Å². The van der Waals surface area contributed by atoms with Crippen LogP contribution in [0.3, 0.4) is 0 Å². The van der Waals surface area contributed by atoms with Gasteiger partial charge in [0.15, 0.2) is 0 Å². The molecule has 3 N–H and O–H groups in total. The largest absolute Gasteiger partial charge is 0.450 e. The lowest BCUT2D eigenvalue weighted by atomic mass is 10.0. The molecule has 3 amide bonds. The molecule has 28 heavy (non-hydrogen) atoms. The number of hydrogen-bond donors (Lipinski definition) is 3. The molecule has 0 spiro atoms. The van der Waals surface area contributed by atoms with E-state index in [1.807, 2.05) is 61.5 Å². The molecule has 1 aliphatic rings. The van der Waals surface area contributed by atoms with Gasteiger partial charge in [-0.15, -0.1) is 0 Å². The van der Waals surface area contributed by atoms with Crippen LogP contribution in [0.1, 0.15) is 19.8 Å². The van der Waals surface area contributed by atoms with Crippen molar-refractivity contribution in [2.75, 3.05) is 35.6 Å². The molecule has 0 aromatic heterocycles. The number of nitrogens with one attached hydrogen (secondary N) is 3. The zero-order valence-corrected chi connectivity index (χ0v) is 16.0. The topological polar surface area (TPSA) is 82.7 Å². The minimum Gasteiger partial charge on any atom is -0.450 e. The third-order valence-electron chi connectivity index (χ3n) is 4.57. The summed E-state index contributed by atoms with van der Waals surface area (Å²) in [5, 5.41) is 9.09. The van der Waals surface area contributed by atoms with Crippen LogP contribution in [0, 0.1) is 0 Å². The summed E-state index contributed by atoms with van der Waals surface area (Å²) in [5.74, 6) is 0. The first-order valence-electron chi connectivity index (χ1n) is 9.55. The summed E-state index contributed by atoms with van der Waals surface area (Å²) in [6, 6.07) is 16.9. The van der Waals surface area contributed by atoms with Crippen LogP contribution in [-0.2, 0) is 4.74 Å². The van der Waals surface area contributed by atoms with Gasteiger partial charge in [-0.2, -0.15) is 0 Å². The van der Waals surface area contributed by atoms with Gasteiger partial charge in [0, 0.05) is 36.2 Å². The number of urea groups is 1. The summed E-state index contributed by atoms with van der Waals surface area (Å²) in [5.41, 5.74) is 2.45. The molecule has 7 heteroatoms. The number of amides is 3. The first kappa shape index (κ1) is 19.5. The maximum atomic E-state index is 12.0. The standard InChI is InChI=1S/C21H26N4O3/c1-2-28-21(27)25-14-12-19(13-15-25)22-17-8-10-18(11-9-17)24-20(26)23-16-6-4-3-5-7-16/h3-11,19,22H,2,12-15H2,1H3,(H2,23,24,26). The fraction of sp³-hybridized carbons (Fsp3) is 0.333. The molecule has 1 aliphatic heterocycles. The van der Waals surface area contributed by atoms with Gasteiger partial charge in [-0.25, -0.2) is 9.59 Å². The van der Waals surface area contributed by atoms with E-state index in [-0.39, 0.29) is 12.1 Å². The first-order chi connectivity index (χ1) is 13.6. The third-order valence-corrected chi connectivity index (χ3v) is 4.57. The highest BCUT2D eigenvalue weighted by molar-refractivity contribution is 5.99. The molecule has 1 fully saturated rings. The van der Waals surface area contributed by atoms with Crippen molar-refractivity contribution in [3.05, 3.63) is 54.6 Å². The molecule has 2 aromatic carbocycles. The molecular weight excluding hydrogens is 356 g/mol. The van der Waals surface area contributed by atoms with Crippen molar-refractivity contribution in [1.29, 1.82) is 0 Å². The number of para-hydroxylation sites is 1. The lowest BCUT2D eigenvalue weighted by molar-refractivity contribution is 0.0983. The molecule has 0 aliphatic carbocycles. The van der Waals surface area contributed by atoms with Crippen molar-refractivity contribution in [3.63, 3.8) is 0 Å². The van der Waals surface area contributed by atoms with Crippen molar-refractivity contribution in [2.24, 2.45) is 0 Å². The van der Waals surface area contributed by atoms with Gasteiger partial charge in [-0.05, 0) is 56.2 Å². The van der Waals surface area contributed by atoms with Gasteiger partial charge in [-0.1, -0.05) is 18.2 Å². The van der Waals surface area contributed by atoms with E-state index in [9.17, 15) is 9.59 Å². The first-order valence-corrected chi connectivity index (χ1v) is 9.55. The van der Waals surface area contributed by atoms with E-state index in [4.69, 9.17) is 4.74 Å². The summed E-state index contributed by atoms with van der Waals surface area (Å²) in [6.07, 6.45) is 1.52. The number of nitrogens with zero attached hydrogens (tertiary/aromatic N) is 1. The Morgan fingerprint density at radius 3 is 2.11 bits per heavy atom. The van der Waals surface area contributed by atoms with E-state index >= 15 is 0 Å². The van der Waals surface area contributed by atoms with Crippen molar-refractivity contribution in [1.82, 2.24) is 4.90 Å². The number of carbonyl (C=O) groups excluding carboxylic acids is 2. The number of hydrogen-bond acceptors (Lipinski definition) is 4. The zero-order chi connectivity index (χ0) is 19.8. The third kappa shape index (κ3) is 5.64. The lowest BCUT2D eigenvalue weighted by Crippen LogP contribution is -2.42. The van der Waals surface area contributed by atoms with E-state index in [2.05, 4.69) is 16.0 Å². The van der Waals surface area contributed by atoms with Crippen molar-refractivity contribution >= 4 is 29.2 Å². The number of piperidine rings is 1. The van der Waals surface area contributed by atoms with E-state index in [1.54, 1.807) is 4.90 Å². The molecule has 0 unspecified atom stereocenters. The summed E-state index contributed by atoms with van der Waals surface area (Å²) in [7, 11) is 0. The van der Waals surface area contributed by atoms with Crippen LogP contribution < -0.4 is 16.0 Å². The maximum Gasteiger partial charge on any atom is 0.409 e. The molecule has 0 atom stereocenters. The summed E-state index contributed by atoms with van der Waals surface area (Å²) in [4.78, 5) is 25.5. The molecule has 1 saturated heterocycles. The minimum atomic E-state index is -0.279. The summed E-state index contributed by atoms with van der Waals surface area (Å²) in [6.45, 7) is 3.60. The Hall–Kier alpha value is -3.22. The Morgan fingerprint density at radius 2 is 1.50 bits per heavy atom. The normalized spacial score (nSPS) is 14.2. The van der Waals surface area contributed by atoms with Gasteiger partial charge in [0.1, 0.15) is 0 Å². The Morgan fingerprint density at radius 1 is 0.929 bits per heavy atom. The molecule has 1 heterocycles. The maximum absolute atomic E-state index is 12.0. The van der Waals surface area contributed by atoms with Crippen molar-refractivity contribution in [3.8, 4) is 0 Å². The van der Waals surface area contributed by atoms with Gasteiger partial charge in [0.25, 0.3) is 0 Å². The van der Waals surface area contributed by atoms with Gasteiger partial charge >= 0.3 is 12.1 Å². The molecule has 0 radical (unpaired) electrons. The Balaban J connectivity index is 1.44. The van der Waals surface area contributed by atoms with Crippen molar-refractivity contribution in [2.45, 2.75) is 25.8 Å². The molecule has 2 aromatic rings. The summed E-state index contributed by atoms with van der Waals surface area (Å²) >= 11 is 0. The second kappa shape index (κ2) is 9.64. The van der Waals surface area contributed by atoms with E-state index < -0.39 is 0 Å². The highest BCUT2D eigenvalue weighted by Crippen LogP contribution is 2.19. The van der Waals surface area contributed by atoms with Crippen LogP contribution in [-0.4, -0.2) is 42.8 Å². The smallest absolute Gasteiger partial charge is 0.409 e. The van der Waals surface area contributed by atoms with Gasteiger partial charge in [0.2, 0.25) is 0 Å². The Bertz CT molecular complexity index is 772. The van der Waals surface area contributed by atoms with Crippen LogP contribution in [0.25, 0.3) is 0 Å². The summed E-state index contributed by atoms with van der Waals surface area (Å²) < 4.78 is 5.04. The van der Waals surface area contributed by atoms with Crippen LogP contribution in [0.5, 0.6) is 0 Å². The van der Waals surface area contributed by atoms with Crippen LogP contribution in [0.4, 0.5) is 26.7 Å². The molecule has 3 rings (SSSR count). The number of benzene rings is 2. The fourth-order valence-corrected chi connectivity index (χ4v) is 3.12. The quantitative estimate of drug-likeness (QED) is 0.717. The zero-order valence-electron chi connectivity index (χ0n) is 16.0. The molecule has 7 nitrogen and oxygen atoms in total. The van der Waals surface area contributed by atoms with Crippen LogP contribution in [0.15, 0.2) is 54.6 Å². The highest BCUT2D eigenvalue weighted by atomic mass is 16.6. The second-order valence-corrected chi connectivity index (χ2v) is 6.63. The van der Waals surface area contributed by atoms with E-state index in [1.165, 1.54) is 0 Å². The Kier molecular flexibility index (Phi) is 6.73. The number of carbonyl (C=O) groups is 2. The molecular formula is C21H26N4O3. The number of anilines is 3. The molecule has 0 bridgehead atoms. The van der Waals surface area contributed by atoms with Gasteiger partial charge < -0.3 is 25.6 Å². The molecule has 0 saturated carbocycles. The van der Waals surface area contributed by atoms with Gasteiger partial charge in [-0.3, -0.25) is 0 Å². The number of ether oxygens (including phenoxy) is 1. The monoisotopic (exact) mass is 382 g/mol. The van der Waals surface area contributed by atoms with Gasteiger partial charge in [0.05, 0.1) is 6.61 Å². The minimum absolute atomic E-state index is 0.231. The lowest BCUT2D eigenvalue weighted by Gasteiger charge is -2.32. The number of rotatable bonds is 5. The predicted octanol–water partition coefficient (Wildman–Crippen LogP) is 4.36. The fourth-order valence-electron chi connectivity index (χ4n) is 3.12. The average molecular weight is 382 g/mol. The molecule has 148 valence electrons.